The van der Waals surface area contributed by atoms with Gasteiger partial charge in [-0.3, -0.25) is 0 Å². The normalized spacial score (nSPS) is 9.88. The fraction of sp³-hybridized carbons (Fsp3) is 0. The van der Waals surface area contributed by atoms with Crippen molar-refractivity contribution >= 4 is 21.5 Å². The Morgan fingerprint density at radius 1 is 0.750 bits per heavy atom. The van der Waals surface area contributed by atoms with Gasteiger partial charge in [0.1, 0.15) is 0 Å². The molecule has 0 radical (unpaired) electrons. The van der Waals surface area contributed by atoms with E-state index in [0.29, 0.717) is 5.57 Å². The smallest absolute Gasteiger partial charge is 0.174 e. The third kappa shape index (κ3) is 2.39. The van der Waals surface area contributed by atoms with Gasteiger partial charge in [-0.05, 0) is 27.1 Å². The molecule has 2 heteroatoms. The van der Waals surface area contributed by atoms with Crippen LogP contribution in [0.2, 0.25) is 0 Å². The van der Waals surface area contributed by atoms with Crippen LogP contribution in [0.1, 0.15) is 11.1 Å². The second-order valence-corrected chi connectivity index (χ2v) is 4.06. The molecule has 0 saturated carbocycles. The molecule has 0 aliphatic heterocycles. The molecule has 0 atom stereocenters. The predicted octanol–water partition coefficient (Wildman–Crippen LogP) is 4.77. The lowest BCUT2D eigenvalue weighted by atomic mass is 10.00. The van der Waals surface area contributed by atoms with Crippen LogP contribution in [-0.4, -0.2) is 0 Å². The Kier molecular flexibility index (Phi) is 3.52. The van der Waals surface area contributed by atoms with Gasteiger partial charge in [0, 0.05) is 5.57 Å². The molecule has 2 aromatic rings. The molecule has 0 bridgehead atoms. The summed E-state index contributed by atoms with van der Waals surface area (Å²) in [4.78, 5) is 0. The minimum Gasteiger partial charge on any atom is -0.198 e. The Balaban J connectivity index is 2.54. The van der Waals surface area contributed by atoms with Gasteiger partial charge < -0.3 is 0 Å². The molecule has 0 nitrogen and oxygen atoms in total. The molecular formula is C14H10BrF. The van der Waals surface area contributed by atoms with Crippen molar-refractivity contribution in [1.82, 2.24) is 0 Å². The molecule has 0 unspecified atom stereocenters. The lowest BCUT2D eigenvalue weighted by Crippen LogP contribution is -1.88. The molecule has 0 N–H and O–H groups in total. The molecule has 0 fully saturated rings. The molecule has 16 heavy (non-hydrogen) atoms. The molecule has 0 aliphatic rings. The third-order valence-electron chi connectivity index (χ3n) is 2.31. The van der Waals surface area contributed by atoms with Gasteiger partial charge in [-0.1, -0.05) is 60.7 Å². The fourth-order valence-electron chi connectivity index (χ4n) is 1.59. The molecule has 0 spiro atoms. The van der Waals surface area contributed by atoms with Crippen LogP contribution in [0.3, 0.4) is 0 Å². The Morgan fingerprint density at radius 3 is 1.44 bits per heavy atom. The highest BCUT2D eigenvalue weighted by Gasteiger charge is 2.08. The summed E-state index contributed by atoms with van der Waals surface area (Å²) >= 11 is 2.93. The monoisotopic (exact) mass is 276 g/mol. The molecule has 2 aromatic carbocycles. The standard InChI is InChI=1S/C14H10BrF/c15-14(16)13(11-7-3-1-4-8-11)12-9-5-2-6-10-12/h1-10H. The van der Waals surface area contributed by atoms with Gasteiger partial charge in [0.25, 0.3) is 0 Å². The SMILES string of the molecule is FC(Br)=C(c1ccccc1)c1ccccc1. The topological polar surface area (TPSA) is 0 Å². The third-order valence-corrected chi connectivity index (χ3v) is 2.71. The molecule has 0 heterocycles. The van der Waals surface area contributed by atoms with E-state index in [1.54, 1.807) is 0 Å². The zero-order valence-electron chi connectivity index (χ0n) is 8.53. The lowest BCUT2D eigenvalue weighted by molar-refractivity contribution is 0.708. The number of hydrogen-bond acceptors (Lipinski definition) is 0. The van der Waals surface area contributed by atoms with Crippen LogP contribution in [0, 0.1) is 0 Å². The quantitative estimate of drug-likeness (QED) is 0.741. The van der Waals surface area contributed by atoms with E-state index >= 15 is 0 Å². The van der Waals surface area contributed by atoms with E-state index in [9.17, 15) is 4.39 Å². The summed E-state index contributed by atoms with van der Waals surface area (Å²) in [5.74, 6) is 0. The van der Waals surface area contributed by atoms with Crippen molar-refractivity contribution in [2.75, 3.05) is 0 Å². The summed E-state index contributed by atoms with van der Waals surface area (Å²) in [5.41, 5.74) is 2.31. The molecule has 2 rings (SSSR count). The Hall–Kier alpha value is -1.41. The van der Waals surface area contributed by atoms with Crippen LogP contribution in [0.4, 0.5) is 4.39 Å². The molecule has 0 aromatic heterocycles. The number of halogens is 2. The van der Waals surface area contributed by atoms with Crippen molar-refractivity contribution < 1.29 is 4.39 Å². The van der Waals surface area contributed by atoms with Gasteiger partial charge in [0.2, 0.25) is 0 Å². The summed E-state index contributed by atoms with van der Waals surface area (Å²) < 4.78 is 13.2. The first kappa shape index (κ1) is 11.1. The van der Waals surface area contributed by atoms with Gasteiger partial charge in [-0.15, -0.1) is 0 Å². The maximum atomic E-state index is 13.5. The minimum absolute atomic E-state index is 0.343. The van der Waals surface area contributed by atoms with E-state index in [4.69, 9.17) is 0 Å². The second kappa shape index (κ2) is 5.08. The highest BCUT2D eigenvalue weighted by molar-refractivity contribution is 9.11. The van der Waals surface area contributed by atoms with E-state index in [1.165, 1.54) is 0 Å². The van der Waals surface area contributed by atoms with Gasteiger partial charge in [0.15, 0.2) is 4.74 Å². The molecule has 0 aliphatic carbocycles. The Bertz CT molecular complexity index is 443. The molecule has 80 valence electrons. The van der Waals surface area contributed by atoms with Crippen molar-refractivity contribution in [3.63, 3.8) is 0 Å². The fourth-order valence-corrected chi connectivity index (χ4v) is 2.05. The minimum atomic E-state index is -0.343. The van der Waals surface area contributed by atoms with Crippen LogP contribution >= 0.6 is 15.9 Å². The Labute approximate surface area is 103 Å². The summed E-state index contributed by atoms with van der Waals surface area (Å²) in [6.07, 6.45) is 0. The van der Waals surface area contributed by atoms with Crippen molar-refractivity contribution in [2.24, 2.45) is 0 Å². The largest absolute Gasteiger partial charge is 0.198 e. The highest BCUT2D eigenvalue weighted by Crippen LogP contribution is 2.30. The van der Waals surface area contributed by atoms with Crippen LogP contribution in [0.25, 0.3) is 5.57 Å². The van der Waals surface area contributed by atoms with E-state index in [0.717, 1.165) is 11.1 Å². The summed E-state index contributed by atoms with van der Waals surface area (Å²) in [5, 5.41) is 0. The van der Waals surface area contributed by atoms with Crippen LogP contribution in [0.5, 0.6) is 0 Å². The van der Waals surface area contributed by atoms with Crippen LogP contribution < -0.4 is 0 Å². The molecular weight excluding hydrogens is 267 g/mol. The van der Waals surface area contributed by atoms with Gasteiger partial charge in [-0.25, -0.2) is 0 Å². The van der Waals surface area contributed by atoms with Crippen LogP contribution in [0.15, 0.2) is 65.4 Å². The summed E-state index contributed by atoms with van der Waals surface area (Å²) in [6.45, 7) is 0. The zero-order valence-corrected chi connectivity index (χ0v) is 10.1. The first-order valence-corrected chi connectivity index (χ1v) is 5.74. The summed E-state index contributed by atoms with van der Waals surface area (Å²) in [7, 11) is 0. The number of rotatable bonds is 2. The van der Waals surface area contributed by atoms with E-state index in [2.05, 4.69) is 15.9 Å². The molecule has 0 saturated heterocycles. The first-order chi connectivity index (χ1) is 7.79. The van der Waals surface area contributed by atoms with Crippen molar-refractivity contribution in [1.29, 1.82) is 0 Å². The second-order valence-electron chi connectivity index (χ2n) is 3.37. The van der Waals surface area contributed by atoms with E-state index < -0.39 is 0 Å². The zero-order chi connectivity index (χ0) is 11.4. The Morgan fingerprint density at radius 2 is 1.12 bits per heavy atom. The van der Waals surface area contributed by atoms with E-state index in [1.807, 2.05) is 60.7 Å². The highest BCUT2D eigenvalue weighted by atomic mass is 79.9. The average molecular weight is 277 g/mol. The van der Waals surface area contributed by atoms with Crippen molar-refractivity contribution in [3.05, 3.63) is 76.5 Å². The lowest BCUT2D eigenvalue weighted by Gasteiger charge is -2.07. The number of hydrogen-bond donors (Lipinski definition) is 0. The number of benzene rings is 2. The van der Waals surface area contributed by atoms with Crippen molar-refractivity contribution in [2.45, 2.75) is 0 Å². The van der Waals surface area contributed by atoms with E-state index in [-0.39, 0.29) is 4.74 Å². The van der Waals surface area contributed by atoms with Gasteiger partial charge in [0.05, 0.1) is 0 Å². The van der Waals surface area contributed by atoms with Crippen molar-refractivity contribution in [3.8, 4) is 0 Å². The predicted molar refractivity (Wildman–Crippen MR) is 68.9 cm³/mol. The average Bonchev–Trinajstić information content (AvgIpc) is 2.31. The van der Waals surface area contributed by atoms with Crippen LogP contribution in [-0.2, 0) is 0 Å². The van der Waals surface area contributed by atoms with Gasteiger partial charge >= 0.3 is 0 Å². The first-order valence-electron chi connectivity index (χ1n) is 4.95. The maximum absolute atomic E-state index is 13.5. The van der Waals surface area contributed by atoms with Gasteiger partial charge in [-0.2, -0.15) is 4.39 Å². The maximum Gasteiger partial charge on any atom is 0.174 e. The molecule has 0 amide bonds. The summed E-state index contributed by atoms with van der Waals surface area (Å²) in [6, 6.07) is 19.0.